The molecule has 0 bridgehead atoms. The van der Waals surface area contributed by atoms with E-state index in [2.05, 4.69) is 5.32 Å². The largest absolute Gasteiger partial charge is 0.459 e. The lowest BCUT2D eigenvalue weighted by molar-refractivity contribution is -0.153. The van der Waals surface area contributed by atoms with Crippen LogP contribution in [-0.2, 0) is 25.5 Å². The number of nitrogens with one attached hydrogen (secondary N) is 1. The SMILES string of the molecule is C[C@H](NC(=O)Cc1ccccc1)C(=O)N(CC(=O)OC(C)(C)C)c1ccccc1. The average molecular weight is 396 g/mol. The number of rotatable bonds is 7. The van der Waals surface area contributed by atoms with Crippen molar-refractivity contribution in [3.8, 4) is 0 Å². The number of hydrogen-bond acceptors (Lipinski definition) is 4. The Bertz CT molecular complexity index is 829. The number of ether oxygens (including phenoxy) is 1. The molecule has 154 valence electrons. The van der Waals surface area contributed by atoms with Gasteiger partial charge in [0.15, 0.2) is 0 Å². The maximum Gasteiger partial charge on any atom is 0.326 e. The Kier molecular flexibility index (Phi) is 7.53. The van der Waals surface area contributed by atoms with Gasteiger partial charge < -0.3 is 10.1 Å². The van der Waals surface area contributed by atoms with Crippen molar-refractivity contribution in [3.05, 3.63) is 66.2 Å². The number of nitrogens with zero attached hydrogens (tertiary/aromatic N) is 1. The lowest BCUT2D eigenvalue weighted by Crippen LogP contribution is -2.49. The van der Waals surface area contributed by atoms with Crippen molar-refractivity contribution in [2.24, 2.45) is 0 Å². The van der Waals surface area contributed by atoms with Gasteiger partial charge in [-0.1, -0.05) is 48.5 Å². The molecule has 0 saturated heterocycles. The van der Waals surface area contributed by atoms with E-state index in [0.29, 0.717) is 5.69 Å². The first-order valence-electron chi connectivity index (χ1n) is 9.57. The van der Waals surface area contributed by atoms with Crippen LogP contribution >= 0.6 is 0 Å². The van der Waals surface area contributed by atoms with E-state index in [1.165, 1.54) is 4.90 Å². The van der Waals surface area contributed by atoms with Crippen LogP contribution in [0.1, 0.15) is 33.3 Å². The maximum absolute atomic E-state index is 13.0. The highest BCUT2D eigenvalue weighted by molar-refractivity contribution is 6.02. The molecule has 2 aromatic rings. The van der Waals surface area contributed by atoms with Gasteiger partial charge in [0.1, 0.15) is 18.2 Å². The van der Waals surface area contributed by atoms with E-state index in [-0.39, 0.29) is 24.8 Å². The first kappa shape index (κ1) is 22.1. The van der Waals surface area contributed by atoms with E-state index in [4.69, 9.17) is 4.74 Å². The molecule has 0 saturated carbocycles. The summed E-state index contributed by atoms with van der Waals surface area (Å²) in [5.41, 5.74) is 0.767. The van der Waals surface area contributed by atoms with Gasteiger partial charge in [-0.15, -0.1) is 0 Å². The smallest absolute Gasteiger partial charge is 0.326 e. The quantitative estimate of drug-likeness (QED) is 0.730. The lowest BCUT2D eigenvalue weighted by Gasteiger charge is -2.27. The van der Waals surface area contributed by atoms with Crippen molar-refractivity contribution in [1.29, 1.82) is 0 Å². The molecule has 0 spiro atoms. The number of amides is 2. The third-order valence-corrected chi connectivity index (χ3v) is 4.00. The van der Waals surface area contributed by atoms with E-state index in [1.807, 2.05) is 36.4 Å². The molecule has 2 amide bonds. The summed E-state index contributed by atoms with van der Waals surface area (Å²) >= 11 is 0. The summed E-state index contributed by atoms with van der Waals surface area (Å²) in [5.74, 6) is -1.16. The number of esters is 1. The normalized spacial score (nSPS) is 12.0. The van der Waals surface area contributed by atoms with E-state index in [0.717, 1.165) is 5.56 Å². The fourth-order valence-corrected chi connectivity index (χ4v) is 2.78. The summed E-state index contributed by atoms with van der Waals surface area (Å²) in [4.78, 5) is 39.0. The fourth-order valence-electron chi connectivity index (χ4n) is 2.78. The van der Waals surface area contributed by atoms with Crippen LogP contribution in [0.15, 0.2) is 60.7 Å². The first-order chi connectivity index (χ1) is 13.7. The summed E-state index contributed by atoms with van der Waals surface area (Å²) in [7, 11) is 0. The highest BCUT2D eigenvalue weighted by atomic mass is 16.6. The zero-order valence-corrected chi connectivity index (χ0v) is 17.3. The molecule has 0 aliphatic heterocycles. The average Bonchev–Trinajstić information content (AvgIpc) is 2.65. The van der Waals surface area contributed by atoms with Crippen molar-refractivity contribution in [2.75, 3.05) is 11.4 Å². The molecule has 2 rings (SSSR count). The summed E-state index contributed by atoms with van der Waals surface area (Å²) in [5, 5.41) is 2.72. The number of hydrogen-bond donors (Lipinski definition) is 1. The molecule has 6 heteroatoms. The molecular weight excluding hydrogens is 368 g/mol. The van der Waals surface area contributed by atoms with E-state index in [9.17, 15) is 14.4 Å². The van der Waals surface area contributed by atoms with Gasteiger partial charge in [-0.05, 0) is 45.4 Å². The molecular formula is C23H28N2O4. The predicted octanol–water partition coefficient (Wildman–Crippen LogP) is 3.11. The van der Waals surface area contributed by atoms with Gasteiger partial charge in [0, 0.05) is 5.69 Å². The number of carbonyl (C=O) groups is 3. The minimum absolute atomic E-state index is 0.176. The molecule has 0 aromatic heterocycles. The van der Waals surface area contributed by atoms with Gasteiger partial charge in [0.2, 0.25) is 11.8 Å². The standard InChI is InChI=1S/C23H28N2O4/c1-17(24-20(26)15-18-11-7-5-8-12-18)22(28)25(19-13-9-6-10-14-19)16-21(27)29-23(2,3)4/h5-14,17H,15-16H2,1-4H3,(H,24,26)/t17-/m0/s1. The molecule has 2 aromatic carbocycles. The molecule has 0 radical (unpaired) electrons. The Hall–Kier alpha value is -3.15. The minimum atomic E-state index is -0.797. The van der Waals surface area contributed by atoms with Crippen LogP contribution in [0.4, 0.5) is 5.69 Å². The Labute approximate surface area is 171 Å². The van der Waals surface area contributed by atoms with Crippen LogP contribution < -0.4 is 10.2 Å². The third-order valence-electron chi connectivity index (χ3n) is 4.00. The van der Waals surface area contributed by atoms with Gasteiger partial charge in [0.05, 0.1) is 6.42 Å². The monoisotopic (exact) mass is 396 g/mol. The van der Waals surface area contributed by atoms with Crippen LogP contribution in [-0.4, -0.2) is 36.0 Å². The van der Waals surface area contributed by atoms with E-state index in [1.54, 1.807) is 52.0 Å². The summed E-state index contributed by atoms with van der Waals surface area (Å²) in [6.07, 6.45) is 0.176. The van der Waals surface area contributed by atoms with Crippen molar-refractivity contribution in [3.63, 3.8) is 0 Å². The Morgan fingerprint density at radius 3 is 2.07 bits per heavy atom. The second-order valence-corrected chi connectivity index (χ2v) is 7.80. The van der Waals surface area contributed by atoms with Gasteiger partial charge in [-0.25, -0.2) is 0 Å². The Balaban J connectivity index is 2.09. The predicted molar refractivity (Wildman–Crippen MR) is 112 cm³/mol. The van der Waals surface area contributed by atoms with Gasteiger partial charge in [-0.3, -0.25) is 19.3 Å². The zero-order chi connectivity index (χ0) is 21.4. The van der Waals surface area contributed by atoms with Crippen molar-refractivity contribution in [1.82, 2.24) is 5.32 Å². The summed E-state index contributed by atoms with van der Waals surface area (Å²) in [6.45, 7) is 6.68. The van der Waals surface area contributed by atoms with Crippen LogP contribution in [0.3, 0.4) is 0 Å². The van der Waals surface area contributed by atoms with Crippen LogP contribution in [0, 0.1) is 0 Å². The minimum Gasteiger partial charge on any atom is -0.459 e. The summed E-state index contributed by atoms with van der Waals surface area (Å²) in [6, 6.07) is 17.4. The molecule has 1 atom stereocenters. The number of anilines is 1. The van der Waals surface area contributed by atoms with Crippen molar-refractivity contribution >= 4 is 23.5 Å². The molecule has 6 nitrogen and oxygen atoms in total. The molecule has 0 heterocycles. The maximum atomic E-state index is 13.0. The second kappa shape index (κ2) is 9.87. The van der Waals surface area contributed by atoms with Gasteiger partial charge >= 0.3 is 5.97 Å². The van der Waals surface area contributed by atoms with Crippen molar-refractivity contribution < 1.29 is 19.1 Å². The molecule has 0 unspecified atom stereocenters. The second-order valence-electron chi connectivity index (χ2n) is 7.80. The molecule has 0 fully saturated rings. The highest BCUT2D eigenvalue weighted by Gasteiger charge is 2.27. The van der Waals surface area contributed by atoms with Gasteiger partial charge in [-0.2, -0.15) is 0 Å². The van der Waals surface area contributed by atoms with Crippen LogP contribution in [0.25, 0.3) is 0 Å². The number of carbonyl (C=O) groups excluding carboxylic acids is 3. The van der Waals surface area contributed by atoms with Gasteiger partial charge in [0.25, 0.3) is 0 Å². The zero-order valence-electron chi connectivity index (χ0n) is 17.3. The third kappa shape index (κ3) is 7.41. The molecule has 0 aliphatic carbocycles. The molecule has 29 heavy (non-hydrogen) atoms. The topological polar surface area (TPSA) is 75.7 Å². The number of benzene rings is 2. The van der Waals surface area contributed by atoms with Crippen LogP contribution in [0.5, 0.6) is 0 Å². The number of para-hydroxylation sites is 1. The van der Waals surface area contributed by atoms with Crippen LogP contribution in [0.2, 0.25) is 0 Å². The summed E-state index contributed by atoms with van der Waals surface area (Å²) < 4.78 is 5.36. The van der Waals surface area contributed by atoms with Crippen molar-refractivity contribution in [2.45, 2.75) is 45.8 Å². The molecule has 0 aliphatic rings. The molecule has 1 N–H and O–H groups in total. The fraction of sp³-hybridized carbons (Fsp3) is 0.348. The van der Waals surface area contributed by atoms with E-state index >= 15 is 0 Å². The Morgan fingerprint density at radius 2 is 1.52 bits per heavy atom. The lowest BCUT2D eigenvalue weighted by atomic mass is 10.1. The highest BCUT2D eigenvalue weighted by Crippen LogP contribution is 2.16. The Morgan fingerprint density at radius 1 is 0.966 bits per heavy atom. The first-order valence-corrected chi connectivity index (χ1v) is 9.57. The van der Waals surface area contributed by atoms with E-state index < -0.39 is 17.6 Å².